The van der Waals surface area contributed by atoms with Gasteiger partial charge in [0.25, 0.3) is 10.0 Å². The number of hydrogen-bond acceptors (Lipinski definition) is 5. The number of anilines is 1. The first-order valence-electron chi connectivity index (χ1n) is 9.63. The summed E-state index contributed by atoms with van der Waals surface area (Å²) in [4.78, 5) is 23.5. The van der Waals surface area contributed by atoms with Crippen molar-refractivity contribution in [2.24, 2.45) is 0 Å². The molecular formula is C20H24F3N3O5S. The smallest absolute Gasteiger partial charge is 0.336 e. The van der Waals surface area contributed by atoms with Crippen LogP contribution < -0.4 is 15.4 Å². The number of urea groups is 1. The van der Waals surface area contributed by atoms with E-state index in [2.05, 4.69) is 10.6 Å². The van der Waals surface area contributed by atoms with Gasteiger partial charge in [-0.25, -0.2) is 30.7 Å². The van der Waals surface area contributed by atoms with Crippen LogP contribution in [0.4, 0.5) is 23.7 Å². The van der Waals surface area contributed by atoms with Crippen molar-refractivity contribution in [1.29, 1.82) is 0 Å². The molecule has 2 aliphatic heterocycles. The van der Waals surface area contributed by atoms with E-state index in [0.29, 0.717) is 11.6 Å². The highest BCUT2D eigenvalue weighted by Crippen LogP contribution is 2.36. The number of carbonyl (C=O) groups is 2. The Morgan fingerprint density at radius 2 is 1.94 bits per heavy atom. The summed E-state index contributed by atoms with van der Waals surface area (Å²) in [7, 11) is -4.85. The molecule has 2 N–H and O–H groups in total. The Kier molecular flexibility index (Phi) is 6.35. The number of halogens is 3. The van der Waals surface area contributed by atoms with Gasteiger partial charge < -0.3 is 15.4 Å². The Labute approximate surface area is 185 Å². The molecule has 2 aliphatic rings. The molecule has 4 rings (SSSR count). The van der Waals surface area contributed by atoms with Crippen molar-refractivity contribution in [2.45, 2.75) is 31.7 Å². The monoisotopic (exact) mass is 475 g/mol. The van der Waals surface area contributed by atoms with Gasteiger partial charge in [0, 0.05) is 2.85 Å². The Morgan fingerprint density at radius 3 is 2.62 bits per heavy atom. The molecule has 32 heavy (non-hydrogen) atoms. The zero-order chi connectivity index (χ0) is 23.8. The van der Waals surface area contributed by atoms with E-state index in [1.54, 1.807) is 13.0 Å². The molecule has 0 unspecified atom stereocenters. The number of amides is 3. The van der Waals surface area contributed by atoms with Crippen molar-refractivity contribution in [2.75, 3.05) is 18.5 Å². The van der Waals surface area contributed by atoms with Crippen molar-refractivity contribution < 1.29 is 38.8 Å². The third-order valence-electron chi connectivity index (χ3n) is 4.68. The van der Waals surface area contributed by atoms with Gasteiger partial charge in [0.15, 0.2) is 11.6 Å². The summed E-state index contributed by atoms with van der Waals surface area (Å²) in [5.41, 5.74) is 0.270. The van der Waals surface area contributed by atoms with Crippen molar-refractivity contribution in [3.05, 3.63) is 52.8 Å². The van der Waals surface area contributed by atoms with Crippen LogP contribution in [0, 0.1) is 24.4 Å². The van der Waals surface area contributed by atoms with Crippen molar-refractivity contribution in [3.8, 4) is 5.75 Å². The van der Waals surface area contributed by atoms with Gasteiger partial charge in [-0.2, -0.15) is 0 Å². The molecule has 176 valence electrons. The molecule has 0 spiro atoms. The number of sulfonamides is 1. The van der Waals surface area contributed by atoms with Crippen LogP contribution in [0.3, 0.4) is 0 Å². The fraction of sp³-hybridized carbons (Fsp3) is 0.300. The Bertz CT molecular complexity index is 1210. The van der Waals surface area contributed by atoms with Crippen LogP contribution in [-0.2, 0) is 14.8 Å². The average Bonchev–Trinajstić information content (AvgIpc) is 3.12. The molecule has 2 aromatic rings. The fourth-order valence-corrected chi connectivity index (χ4v) is 4.85. The van der Waals surface area contributed by atoms with Crippen molar-refractivity contribution in [3.63, 3.8) is 0 Å². The second-order valence-corrected chi connectivity index (χ2v) is 8.57. The molecule has 8 nitrogen and oxygen atoms in total. The number of nitrogens with one attached hydrogen (secondary N) is 2. The van der Waals surface area contributed by atoms with E-state index in [1.165, 1.54) is 6.07 Å². The number of aryl methyl sites for hydroxylation is 1. The van der Waals surface area contributed by atoms with Gasteiger partial charge in [0.2, 0.25) is 5.91 Å². The molecule has 2 aromatic carbocycles. The molecule has 0 fully saturated rings. The lowest BCUT2D eigenvalue weighted by Crippen LogP contribution is -2.49. The quantitative estimate of drug-likeness (QED) is 0.704. The maximum Gasteiger partial charge on any atom is 0.336 e. The van der Waals surface area contributed by atoms with E-state index in [9.17, 15) is 31.2 Å². The SMILES string of the molecule is CC.Cc1cc(F)c2c(c1)OC[C@H]2NC(=O)CN1C(=O)Nc2ccc(F)c(F)c2S1(=O)=O.[HH].[HH]. The number of fused-ring (bicyclic) bond motifs is 2. The van der Waals surface area contributed by atoms with Gasteiger partial charge in [-0.15, -0.1) is 0 Å². The van der Waals surface area contributed by atoms with E-state index in [0.717, 1.165) is 6.07 Å². The van der Waals surface area contributed by atoms with Gasteiger partial charge in [-0.3, -0.25) is 4.79 Å². The molecule has 0 radical (unpaired) electrons. The van der Waals surface area contributed by atoms with Crippen LogP contribution in [0.2, 0.25) is 0 Å². The zero-order valence-corrected chi connectivity index (χ0v) is 18.1. The highest BCUT2D eigenvalue weighted by atomic mass is 32.2. The fourth-order valence-electron chi connectivity index (χ4n) is 3.36. The molecule has 0 bridgehead atoms. The molecule has 0 aromatic heterocycles. The van der Waals surface area contributed by atoms with Gasteiger partial charge >= 0.3 is 6.03 Å². The lowest BCUT2D eigenvalue weighted by atomic mass is 10.1. The topological polar surface area (TPSA) is 105 Å². The molecule has 12 heteroatoms. The summed E-state index contributed by atoms with van der Waals surface area (Å²) in [5, 5.41) is 4.49. The lowest BCUT2D eigenvalue weighted by Gasteiger charge is -2.28. The minimum atomic E-state index is -4.85. The summed E-state index contributed by atoms with van der Waals surface area (Å²) >= 11 is 0. The first-order chi connectivity index (χ1) is 15.1. The van der Waals surface area contributed by atoms with E-state index < -0.39 is 62.6 Å². The van der Waals surface area contributed by atoms with Crippen LogP contribution in [0.1, 0.15) is 33.9 Å². The van der Waals surface area contributed by atoms with Crippen LogP contribution in [0.5, 0.6) is 5.75 Å². The summed E-state index contributed by atoms with van der Waals surface area (Å²) in [5.74, 6) is -4.43. The van der Waals surface area contributed by atoms with Crippen molar-refractivity contribution in [1.82, 2.24) is 9.62 Å². The molecular weight excluding hydrogens is 451 g/mol. The molecule has 0 saturated carbocycles. The summed E-state index contributed by atoms with van der Waals surface area (Å²) in [6.45, 7) is 4.55. The minimum absolute atomic E-state index is 0. The van der Waals surface area contributed by atoms with E-state index in [4.69, 9.17) is 4.74 Å². The standard InChI is InChI=1S/C18H14F3N3O5S.C2H6.2H2/c1-8-4-10(20)15-12(7-29-13(15)5-8)22-14(25)6-24-18(26)23-11-3-2-9(19)16(21)17(11)30(24,27)28;1-2;;/h2-5,12H,6-7H2,1H3,(H,22,25)(H,23,26);1-2H3;2*1H/t12-;;;/m1.../s1. The van der Waals surface area contributed by atoms with Gasteiger partial charge in [0.1, 0.15) is 29.6 Å². The summed E-state index contributed by atoms with van der Waals surface area (Å²) in [6.07, 6.45) is 0. The Morgan fingerprint density at radius 1 is 1.25 bits per heavy atom. The predicted molar refractivity (Wildman–Crippen MR) is 112 cm³/mol. The maximum absolute atomic E-state index is 14.3. The Hall–Kier alpha value is -3.28. The largest absolute Gasteiger partial charge is 0.491 e. The van der Waals surface area contributed by atoms with Gasteiger partial charge in [0.05, 0.1) is 17.3 Å². The predicted octanol–water partition coefficient (Wildman–Crippen LogP) is 3.72. The Balaban J connectivity index is 0.00000141. The van der Waals surface area contributed by atoms with Gasteiger partial charge in [-0.05, 0) is 36.8 Å². The molecule has 0 saturated heterocycles. The molecule has 1 atom stereocenters. The molecule has 2 heterocycles. The third kappa shape index (κ3) is 3.97. The summed E-state index contributed by atoms with van der Waals surface area (Å²) < 4.78 is 72.6. The maximum atomic E-state index is 14.3. The number of rotatable bonds is 3. The number of nitrogens with zero attached hydrogens (tertiary/aromatic N) is 1. The normalized spacial score (nSPS) is 17.9. The number of benzene rings is 2. The van der Waals surface area contributed by atoms with E-state index in [1.807, 2.05) is 13.8 Å². The number of carbonyl (C=O) groups excluding carboxylic acids is 2. The first kappa shape index (κ1) is 23.4. The van der Waals surface area contributed by atoms with E-state index >= 15 is 0 Å². The third-order valence-corrected chi connectivity index (χ3v) is 6.47. The molecule has 3 amide bonds. The highest BCUT2D eigenvalue weighted by molar-refractivity contribution is 7.90. The number of hydrogen-bond donors (Lipinski definition) is 2. The van der Waals surface area contributed by atoms with Crippen LogP contribution >= 0.6 is 0 Å². The van der Waals surface area contributed by atoms with Crippen LogP contribution in [0.15, 0.2) is 29.2 Å². The zero-order valence-electron chi connectivity index (χ0n) is 17.3. The first-order valence-corrected chi connectivity index (χ1v) is 11.1. The van der Waals surface area contributed by atoms with Crippen molar-refractivity contribution >= 4 is 27.6 Å². The van der Waals surface area contributed by atoms with Gasteiger partial charge in [-0.1, -0.05) is 13.8 Å². The number of ether oxygens (including phenoxy) is 1. The van der Waals surface area contributed by atoms with Crippen LogP contribution in [0.25, 0.3) is 0 Å². The molecule has 0 aliphatic carbocycles. The second-order valence-electron chi connectivity index (χ2n) is 6.77. The average molecular weight is 475 g/mol. The summed E-state index contributed by atoms with van der Waals surface area (Å²) in [6, 6.07) is 2.28. The van der Waals surface area contributed by atoms with E-state index in [-0.39, 0.29) is 25.1 Å². The lowest BCUT2D eigenvalue weighted by molar-refractivity contribution is -0.121. The minimum Gasteiger partial charge on any atom is -0.491 e. The highest BCUT2D eigenvalue weighted by Gasteiger charge is 2.41. The second kappa shape index (κ2) is 8.69. The van der Waals surface area contributed by atoms with Crippen LogP contribution in [-0.4, -0.2) is 37.8 Å².